The Bertz CT molecular complexity index is 2180. The third kappa shape index (κ3) is 3.37. The number of para-hydroxylation sites is 3. The molecule has 3 nitrogen and oxygen atoms in total. The van der Waals surface area contributed by atoms with Gasteiger partial charge in [0, 0.05) is 11.4 Å². The minimum Gasteiger partial charge on any atom is -0.449 e. The van der Waals surface area contributed by atoms with Crippen molar-refractivity contribution in [1.29, 1.82) is 0 Å². The summed E-state index contributed by atoms with van der Waals surface area (Å²) in [5.41, 5.74) is 13.3. The van der Waals surface area contributed by atoms with Crippen molar-refractivity contribution in [2.75, 3.05) is 4.90 Å². The van der Waals surface area contributed by atoms with E-state index in [2.05, 4.69) is 132 Å². The normalized spacial score (nSPS) is 15.6. The van der Waals surface area contributed by atoms with Gasteiger partial charge in [0.2, 0.25) is 0 Å². The van der Waals surface area contributed by atoms with Crippen molar-refractivity contribution < 1.29 is 9.47 Å². The van der Waals surface area contributed by atoms with Crippen LogP contribution < -0.4 is 14.4 Å². The lowest BCUT2D eigenvalue weighted by Crippen LogP contribution is -2.27. The number of fused-ring (bicyclic) bond motifs is 11. The van der Waals surface area contributed by atoms with Gasteiger partial charge in [-0.25, -0.2) is 0 Å². The average Bonchev–Trinajstić information content (AvgIpc) is 3.58. The van der Waals surface area contributed by atoms with Crippen molar-refractivity contribution in [2.45, 2.75) is 18.3 Å². The van der Waals surface area contributed by atoms with Crippen molar-refractivity contribution in [3.8, 4) is 34.1 Å². The second-order valence-electron chi connectivity index (χ2n) is 12.3. The average molecular weight is 592 g/mol. The van der Waals surface area contributed by atoms with Gasteiger partial charge in [-0.15, -0.1) is 0 Å². The Morgan fingerprint density at radius 1 is 0.522 bits per heavy atom. The summed E-state index contributed by atoms with van der Waals surface area (Å²) in [7, 11) is 0. The molecule has 3 heteroatoms. The van der Waals surface area contributed by atoms with Gasteiger partial charge in [0.15, 0.2) is 23.0 Å². The van der Waals surface area contributed by atoms with Crippen LogP contribution >= 0.6 is 0 Å². The summed E-state index contributed by atoms with van der Waals surface area (Å²) in [6, 6.07) is 49.3. The molecule has 1 aliphatic heterocycles. The highest BCUT2D eigenvalue weighted by Crippen LogP contribution is 2.65. The zero-order valence-corrected chi connectivity index (χ0v) is 25.1. The van der Waals surface area contributed by atoms with Gasteiger partial charge in [-0.3, -0.25) is 0 Å². The fraction of sp³-hybridized carbons (Fsp3) is 0.0698. The van der Waals surface area contributed by atoms with E-state index in [9.17, 15) is 0 Å². The summed E-state index contributed by atoms with van der Waals surface area (Å²) in [5.74, 6) is 2.92. The Hall–Kier alpha value is -5.80. The third-order valence-electron chi connectivity index (χ3n) is 10.00. The molecule has 0 N–H and O–H groups in total. The zero-order chi connectivity index (χ0) is 30.2. The summed E-state index contributed by atoms with van der Waals surface area (Å²) in [5, 5.41) is 0. The van der Waals surface area contributed by atoms with E-state index in [0.717, 1.165) is 41.4 Å². The quantitative estimate of drug-likeness (QED) is 0.204. The lowest BCUT2D eigenvalue weighted by molar-refractivity contribution is 0.359. The van der Waals surface area contributed by atoms with Crippen molar-refractivity contribution in [3.05, 3.63) is 180 Å². The second kappa shape index (κ2) is 9.60. The Balaban J connectivity index is 1.17. The van der Waals surface area contributed by atoms with Crippen molar-refractivity contribution in [1.82, 2.24) is 0 Å². The van der Waals surface area contributed by atoms with Crippen LogP contribution in [0.5, 0.6) is 23.0 Å². The molecule has 0 unspecified atom stereocenters. The van der Waals surface area contributed by atoms with Crippen LogP contribution in [0.15, 0.2) is 157 Å². The predicted octanol–water partition coefficient (Wildman–Crippen LogP) is 11.5. The molecule has 6 aromatic carbocycles. The first kappa shape index (κ1) is 25.5. The maximum atomic E-state index is 6.92. The van der Waals surface area contributed by atoms with Gasteiger partial charge in [0.25, 0.3) is 0 Å². The molecule has 6 aromatic rings. The summed E-state index contributed by atoms with van der Waals surface area (Å²) in [4.78, 5) is 2.23. The summed E-state index contributed by atoms with van der Waals surface area (Å²) >= 11 is 0. The molecule has 1 heterocycles. The highest BCUT2D eigenvalue weighted by Gasteiger charge is 2.53. The van der Waals surface area contributed by atoms with E-state index in [-0.39, 0.29) is 5.41 Å². The fourth-order valence-electron chi connectivity index (χ4n) is 8.21. The highest BCUT2D eigenvalue weighted by molar-refractivity contribution is 5.97. The predicted molar refractivity (Wildman–Crippen MR) is 185 cm³/mol. The van der Waals surface area contributed by atoms with E-state index in [0.29, 0.717) is 11.5 Å². The first-order valence-corrected chi connectivity index (χ1v) is 16.0. The number of nitrogens with zero attached hydrogens (tertiary/aromatic N) is 1. The molecule has 218 valence electrons. The van der Waals surface area contributed by atoms with Crippen LogP contribution in [0.2, 0.25) is 0 Å². The minimum atomic E-state index is -0.382. The maximum Gasteiger partial charge on any atom is 0.194 e. The standard InChI is InChI=1S/C43H29NO2/c1-3-14-28(15-4-1)44(29-16-5-2-6-17-29)38-24-13-25-39-42(38)46-40-26-33-32-20-9-12-23-36(32)43(37(33)27-41(40)45-39)34-21-10-7-18-30(34)31-19-8-11-22-35(31)43/h1-8,10-19,21-27H,9,20H2. The molecule has 0 saturated carbocycles. The van der Waals surface area contributed by atoms with E-state index < -0.39 is 0 Å². The van der Waals surface area contributed by atoms with Crippen LogP contribution in [-0.2, 0) is 5.41 Å². The molecule has 10 rings (SSSR count). The van der Waals surface area contributed by atoms with E-state index in [4.69, 9.17) is 9.47 Å². The summed E-state index contributed by atoms with van der Waals surface area (Å²) in [6.07, 6.45) is 6.75. The van der Waals surface area contributed by atoms with Gasteiger partial charge >= 0.3 is 0 Å². The van der Waals surface area contributed by atoms with Crippen LogP contribution in [0.4, 0.5) is 17.1 Å². The summed E-state index contributed by atoms with van der Waals surface area (Å²) in [6.45, 7) is 0. The van der Waals surface area contributed by atoms with Crippen molar-refractivity contribution >= 4 is 22.6 Å². The Labute approximate surface area is 268 Å². The van der Waals surface area contributed by atoms with Crippen LogP contribution in [0.25, 0.3) is 16.7 Å². The number of benzene rings is 6. The molecule has 4 aliphatic rings. The fourth-order valence-corrected chi connectivity index (χ4v) is 8.21. The Morgan fingerprint density at radius 3 is 1.85 bits per heavy atom. The van der Waals surface area contributed by atoms with Crippen LogP contribution in [0.1, 0.15) is 35.1 Å². The molecule has 0 aromatic heterocycles. The first-order valence-electron chi connectivity index (χ1n) is 16.0. The van der Waals surface area contributed by atoms with Crippen LogP contribution in [0.3, 0.4) is 0 Å². The minimum absolute atomic E-state index is 0.382. The van der Waals surface area contributed by atoms with E-state index in [1.54, 1.807) is 0 Å². The molecule has 0 bridgehead atoms. The lowest BCUT2D eigenvalue weighted by Gasteiger charge is -2.33. The molecule has 0 amide bonds. The molecule has 0 radical (unpaired) electrons. The zero-order valence-electron chi connectivity index (χ0n) is 25.1. The van der Waals surface area contributed by atoms with Crippen LogP contribution in [-0.4, -0.2) is 0 Å². The van der Waals surface area contributed by atoms with Crippen molar-refractivity contribution in [2.24, 2.45) is 0 Å². The van der Waals surface area contributed by atoms with Gasteiger partial charge in [-0.1, -0.05) is 103 Å². The first-order chi connectivity index (χ1) is 22.8. The SMILES string of the molecule is C1=CC2=C(CC1)c1cc3c(cc1C21c2ccccc2-c2ccccc21)Oc1cccc(N(c2ccccc2)c2ccccc2)c1O3. The number of allylic oxidation sites excluding steroid dienone is 4. The topological polar surface area (TPSA) is 21.7 Å². The molecule has 46 heavy (non-hydrogen) atoms. The van der Waals surface area contributed by atoms with E-state index >= 15 is 0 Å². The summed E-state index contributed by atoms with van der Waals surface area (Å²) < 4.78 is 13.7. The largest absolute Gasteiger partial charge is 0.449 e. The number of anilines is 3. The molecule has 1 spiro atoms. The highest BCUT2D eigenvalue weighted by atomic mass is 16.6. The van der Waals surface area contributed by atoms with Gasteiger partial charge < -0.3 is 14.4 Å². The molecular weight excluding hydrogens is 562 g/mol. The second-order valence-corrected chi connectivity index (χ2v) is 12.3. The van der Waals surface area contributed by atoms with Crippen molar-refractivity contribution in [3.63, 3.8) is 0 Å². The molecule has 0 fully saturated rings. The van der Waals surface area contributed by atoms with E-state index in [1.165, 1.54) is 44.5 Å². The maximum absolute atomic E-state index is 6.92. The van der Waals surface area contributed by atoms with E-state index in [1.807, 2.05) is 24.3 Å². The van der Waals surface area contributed by atoms with Gasteiger partial charge in [0.1, 0.15) is 0 Å². The molecule has 0 saturated heterocycles. The van der Waals surface area contributed by atoms with Gasteiger partial charge in [-0.2, -0.15) is 0 Å². The molecular formula is C43H29NO2. The number of ether oxygens (including phenoxy) is 2. The van der Waals surface area contributed by atoms with Gasteiger partial charge in [-0.05, 0) is 106 Å². The third-order valence-corrected chi connectivity index (χ3v) is 10.00. The number of rotatable bonds is 3. The monoisotopic (exact) mass is 591 g/mol. The number of hydrogen-bond acceptors (Lipinski definition) is 3. The molecule has 0 atom stereocenters. The molecule has 3 aliphatic carbocycles. The lowest BCUT2D eigenvalue weighted by atomic mass is 9.69. The van der Waals surface area contributed by atoms with Crippen LogP contribution in [0, 0.1) is 0 Å². The Morgan fingerprint density at radius 2 is 1.15 bits per heavy atom. The van der Waals surface area contributed by atoms with Gasteiger partial charge in [0.05, 0.1) is 11.1 Å². The smallest absolute Gasteiger partial charge is 0.194 e. The Kier molecular flexibility index (Phi) is 5.32. The number of hydrogen-bond donors (Lipinski definition) is 0.